The van der Waals surface area contributed by atoms with Crippen LogP contribution in [-0.2, 0) is 6.18 Å². The Balaban J connectivity index is 2.04. The van der Waals surface area contributed by atoms with Crippen LogP contribution < -0.4 is 4.74 Å². The van der Waals surface area contributed by atoms with E-state index < -0.39 is 17.8 Å². The number of rotatable bonds is 2. The van der Waals surface area contributed by atoms with Gasteiger partial charge in [0.15, 0.2) is 0 Å². The third-order valence-electron chi connectivity index (χ3n) is 3.46. The maximum absolute atomic E-state index is 12.8. The molecule has 1 atom stereocenters. The fourth-order valence-corrected chi connectivity index (χ4v) is 2.36. The molecule has 0 bridgehead atoms. The second-order valence-corrected chi connectivity index (χ2v) is 4.92. The van der Waals surface area contributed by atoms with E-state index in [4.69, 9.17) is 4.74 Å². The molecule has 3 rings (SSSR count). The lowest BCUT2D eigenvalue weighted by Gasteiger charge is -2.20. The Labute approximate surface area is 123 Å². The molecule has 0 aliphatic carbocycles. The molecule has 0 saturated heterocycles. The Hall–Kier alpha value is -2.44. The number of benzene rings is 1. The van der Waals surface area contributed by atoms with Crippen LogP contribution in [0.4, 0.5) is 13.2 Å². The average Bonchev–Trinajstić information content (AvgIpc) is 2.53. The zero-order valence-electron chi connectivity index (χ0n) is 11.3. The molecular weight excluding hydrogens is 297 g/mol. The summed E-state index contributed by atoms with van der Waals surface area (Å²) in [5.74, 6) is 0.451. The van der Waals surface area contributed by atoms with Crippen LogP contribution in [0.15, 0.2) is 41.6 Å². The van der Waals surface area contributed by atoms with Gasteiger partial charge in [-0.3, -0.25) is 0 Å². The van der Waals surface area contributed by atoms with Gasteiger partial charge in [-0.25, -0.2) is 4.98 Å². The monoisotopic (exact) mass is 308 g/mol. The normalized spacial score (nSPS) is 17.5. The molecule has 4 nitrogen and oxygen atoms in total. The minimum Gasteiger partial charge on any atom is -0.491 e. The van der Waals surface area contributed by atoms with Gasteiger partial charge >= 0.3 is 6.18 Å². The molecule has 0 radical (unpaired) electrons. The van der Waals surface area contributed by atoms with Crippen LogP contribution in [0.2, 0.25) is 0 Å². The Morgan fingerprint density at radius 3 is 2.77 bits per heavy atom. The SMILES string of the molecule is O=NC1CCOc2ccc(-c3cccc(C(F)(F)F)c3)nc21. The van der Waals surface area contributed by atoms with Crippen molar-refractivity contribution in [1.29, 1.82) is 0 Å². The average molecular weight is 308 g/mol. The number of ether oxygens (including phenoxy) is 1. The van der Waals surface area contributed by atoms with Crippen LogP contribution in [0, 0.1) is 4.91 Å². The molecule has 1 aliphatic heterocycles. The van der Waals surface area contributed by atoms with E-state index in [1.165, 1.54) is 12.1 Å². The summed E-state index contributed by atoms with van der Waals surface area (Å²) in [4.78, 5) is 15.1. The summed E-state index contributed by atoms with van der Waals surface area (Å²) in [6.45, 7) is 0.369. The highest BCUT2D eigenvalue weighted by molar-refractivity contribution is 5.61. The fourth-order valence-electron chi connectivity index (χ4n) is 2.36. The molecule has 0 saturated carbocycles. The predicted molar refractivity (Wildman–Crippen MR) is 73.3 cm³/mol. The number of aromatic nitrogens is 1. The molecule has 1 unspecified atom stereocenters. The summed E-state index contributed by atoms with van der Waals surface area (Å²) in [5.41, 5.74) is 0.304. The van der Waals surface area contributed by atoms with Crippen molar-refractivity contribution in [2.75, 3.05) is 6.61 Å². The van der Waals surface area contributed by atoms with Crippen molar-refractivity contribution < 1.29 is 17.9 Å². The number of hydrogen-bond donors (Lipinski definition) is 0. The summed E-state index contributed by atoms with van der Waals surface area (Å²) in [6.07, 6.45) is -4.00. The molecule has 1 aromatic carbocycles. The Morgan fingerprint density at radius 2 is 2.05 bits per heavy atom. The highest BCUT2D eigenvalue weighted by Crippen LogP contribution is 2.36. The molecular formula is C15H11F3N2O2. The third kappa shape index (κ3) is 2.66. The maximum Gasteiger partial charge on any atom is 0.416 e. The van der Waals surface area contributed by atoms with Gasteiger partial charge in [-0.05, 0) is 24.3 Å². The van der Waals surface area contributed by atoms with Gasteiger partial charge in [0.05, 0.1) is 17.9 Å². The van der Waals surface area contributed by atoms with E-state index >= 15 is 0 Å². The fraction of sp³-hybridized carbons (Fsp3) is 0.267. The second-order valence-electron chi connectivity index (χ2n) is 4.92. The van der Waals surface area contributed by atoms with Crippen LogP contribution in [0.5, 0.6) is 5.75 Å². The standard InChI is InChI=1S/C15H11F3N2O2/c16-15(17,18)10-3-1-2-9(8-10)11-4-5-13-14(19-11)12(20-21)6-7-22-13/h1-5,8,12H,6-7H2. The molecule has 7 heteroatoms. The Kier molecular flexibility index (Phi) is 3.56. The van der Waals surface area contributed by atoms with E-state index in [-0.39, 0.29) is 0 Å². The van der Waals surface area contributed by atoms with Gasteiger partial charge in [0.25, 0.3) is 0 Å². The maximum atomic E-state index is 12.8. The minimum absolute atomic E-state index is 0.327. The first-order chi connectivity index (χ1) is 10.5. The van der Waals surface area contributed by atoms with Crippen LogP contribution in [0.1, 0.15) is 23.7 Å². The highest BCUT2D eigenvalue weighted by Gasteiger charge is 2.31. The molecule has 2 aromatic rings. The lowest BCUT2D eigenvalue weighted by Crippen LogP contribution is -2.14. The molecule has 0 spiro atoms. The first-order valence-corrected chi connectivity index (χ1v) is 6.63. The number of alkyl halides is 3. The van der Waals surface area contributed by atoms with Gasteiger partial charge in [0, 0.05) is 12.0 Å². The van der Waals surface area contributed by atoms with E-state index in [1.54, 1.807) is 12.1 Å². The molecule has 1 aromatic heterocycles. The van der Waals surface area contributed by atoms with Crippen molar-refractivity contribution in [2.45, 2.75) is 18.6 Å². The zero-order valence-corrected chi connectivity index (χ0v) is 11.3. The van der Waals surface area contributed by atoms with Crippen molar-refractivity contribution in [1.82, 2.24) is 4.98 Å². The zero-order chi connectivity index (χ0) is 15.7. The smallest absolute Gasteiger partial charge is 0.416 e. The Morgan fingerprint density at radius 1 is 1.23 bits per heavy atom. The molecule has 0 fully saturated rings. The van der Waals surface area contributed by atoms with Gasteiger partial charge in [-0.1, -0.05) is 17.3 Å². The minimum atomic E-state index is -4.42. The quantitative estimate of drug-likeness (QED) is 0.775. The van der Waals surface area contributed by atoms with Crippen LogP contribution >= 0.6 is 0 Å². The summed E-state index contributed by atoms with van der Waals surface area (Å²) < 4.78 is 43.7. The second kappa shape index (κ2) is 5.40. The van der Waals surface area contributed by atoms with Crippen molar-refractivity contribution in [2.24, 2.45) is 5.18 Å². The van der Waals surface area contributed by atoms with Gasteiger partial charge in [-0.15, -0.1) is 0 Å². The van der Waals surface area contributed by atoms with Crippen molar-refractivity contribution in [3.63, 3.8) is 0 Å². The van der Waals surface area contributed by atoms with Crippen molar-refractivity contribution >= 4 is 0 Å². The predicted octanol–water partition coefficient (Wildman–Crippen LogP) is 4.36. The molecule has 0 amide bonds. The van der Waals surface area contributed by atoms with Gasteiger partial charge in [-0.2, -0.15) is 18.1 Å². The number of hydrogen-bond acceptors (Lipinski definition) is 4. The summed E-state index contributed by atoms with van der Waals surface area (Å²) in [5, 5.41) is 3.01. The molecule has 22 heavy (non-hydrogen) atoms. The summed E-state index contributed by atoms with van der Waals surface area (Å²) in [6, 6.07) is 7.44. The first kappa shape index (κ1) is 14.5. The highest BCUT2D eigenvalue weighted by atomic mass is 19.4. The van der Waals surface area contributed by atoms with Crippen molar-refractivity contribution in [3.05, 3.63) is 52.6 Å². The van der Waals surface area contributed by atoms with E-state index in [0.717, 1.165) is 12.1 Å². The number of nitrogens with zero attached hydrogens (tertiary/aromatic N) is 2. The molecule has 114 valence electrons. The number of pyridine rings is 1. The number of nitroso groups, excluding NO2 is 1. The largest absolute Gasteiger partial charge is 0.491 e. The third-order valence-corrected chi connectivity index (χ3v) is 3.46. The van der Waals surface area contributed by atoms with Crippen molar-refractivity contribution in [3.8, 4) is 17.0 Å². The van der Waals surface area contributed by atoms with E-state index in [9.17, 15) is 18.1 Å². The van der Waals surface area contributed by atoms with E-state index in [0.29, 0.717) is 35.7 Å². The topological polar surface area (TPSA) is 51.5 Å². The first-order valence-electron chi connectivity index (χ1n) is 6.63. The molecule has 0 N–H and O–H groups in total. The lowest BCUT2D eigenvalue weighted by molar-refractivity contribution is -0.137. The van der Waals surface area contributed by atoms with Crippen LogP contribution in [-0.4, -0.2) is 11.6 Å². The molecule has 2 heterocycles. The van der Waals surface area contributed by atoms with E-state index in [1.807, 2.05) is 0 Å². The van der Waals surface area contributed by atoms with Gasteiger partial charge < -0.3 is 4.74 Å². The van der Waals surface area contributed by atoms with E-state index in [2.05, 4.69) is 10.2 Å². The molecule has 1 aliphatic rings. The number of halogens is 3. The lowest BCUT2D eigenvalue weighted by atomic mass is 10.0. The summed E-state index contributed by atoms with van der Waals surface area (Å²) in [7, 11) is 0. The van der Waals surface area contributed by atoms with Crippen LogP contribution in [0.25, 0.3) is 11.3 Å². The number of fused-ring (bicyclic) bond motifs is 1. The van der Waals surface area contributed by atoms with Crippen LogP contribution in [0.3, 0.4) is 0 Å². The Bertz CT molecular complexity index is 716. The van der Waals surface area contributed by atoms with Gasteiger partial charge in [0.1, 0.15) is 17.5 Å². The van der Waals surface area contributed by atoms with Gasteiger partial charge in [0.2, 0.25) is 0 Å². The summed E-state index contributed by atoms with van der Waals surface area (Å²) >= 11 is 0.